The fourth-order valence-corrected chi connectivity index (χ4v) is 14.0. The molecule has 23 nitrogen and oxygen atoms in total. The van der Waals surface area contributed by atoms with E-state index in [9.17, 15) is 56.7 Å². The Hall–Kier alpha value is -7.60. The van der Waals surface area contributed by atoms with Crippen LogP contribution >= 0.6 is 0 Å². The number of hydrogen-bond acceptors (Lipinski definition) is 15. The standard InChI is InChI=1S/C62H71N9O14S4/c1-61(2)48-40-46(88(79,80)81)21-25-54(48)70(29-10-36-86(73,74)75)56(61)12-6-5-7-13-57-62(3,49-41-47(89(82,83)84)22-26-55(49)71(57)30-11-37-87(76,77)78)27-9-8-14-58(72)63-28-35-85-45-19-15-42(16-20-45)59-64-50-23-17-43(38-52(50)66-59)60-65-51-24-18-44(39-53(51)67-60)69-33-31-68(4)32-34-69/h5-7,12-13,15-26,38-41H,8-11,14,27-37H2,1-4H3,(H6-,63,64,65,66,67,72,73,74,75,76,77,78,79,80,81,82,83,84)/p+1. The summed E-state index contributed by atoms with van der Waals surface area (Å²) in [5.74, 6) is 0.771. The van der Waals surface area contributed by atoms with Crippen LogP contribution in [0.4, 0.5) is 17.1 Å². The minimum absolute atomic E-state index is 0.0142. The van der Waals surface area contributed by atoms with Crippen molar-refractivity contribution in [2.75, 3.05) is 80.8 Å². The smallest absolute Gasteiger partial charge is 0.294 e. The van der Waals surface area contributed by atoms with Crippen LogP contribution in [0.1, 0.15) is 70.4 Å². The number of likely N-dealkylation sites (N-methyl/N-ethyl adjacent to an activating group) is 1. The number of fused-ring (bicyclic) bond motifs is 4. The van der Waals surface area contributed by atoms with Crippen LogP contribution in [-0.4, -0.2) is 164 Å². The Bertz CT molecular complexity index is 4460. The molecule has 0 spiro atoms. The molecule has 0 bridgehead atoms. The average Bonchev–Trinajstić information content (AvgIpc) is 1.67. The van der Waals surface area contributed by atoms with E-state index in [4.69, 9.17) is 14.7 Å². The summed E-state index contributed by atoms with van der Waals surface area (Å²) in [6.45, 7) is 10.2. The molecular weight excluding hydrogens is 1220 g/mol. The quantitative estimate of drug-likeness (QED) is 0.0122. The second kappa shape index (κ2) is 25.7. The Labute approximate surface area is 517 Å². The summed E-state index contributed by atoms with van der Waals surface area (Å²) >= 11 is 0. The highest BCUT2D eigenvalue weighted by Gasteiger charge is 2.46. The van der Waals surface area contributed by atoms with Crippen molar-refractivity contribution in [1.82, 2.24) is 30.2 Å². The lowest BCUT2D eigenvalue weighted by atomic mass is 9.77. The summed E-state index contributed by atoms with van der Waals surface area (Å²) in [5.41, 5.74) is 8.14. The number of amides is 1. The van der Waals surface area contributed by atoms with Gasteiger partial charge in [0, 0.05) is 96.9 Å². The maximum absolute atomic E-state index is 13.2. The van der Waals surface area contributed by atoms with E-state index in [1.807, 2.05) is 72.7 Å². The van der Waals surface area contributed by atoms with Crippen molar-refractivity contribution < 1.29 is 66.0 Å². The number of rotatable bonds is 25. The summed E-state index contributed by atoms with van der Waals surface area (Å²) in [6.07, 6.45) is 10.1. The molecule has 3 aliphatic heterocycles. The van der Waals surface area contributed by atoms with Crippen LogP contribution in [-0.2, 0) is 56.1 Å². The van der Waals surface area contributed by atoms with Gasteiger partial charge in [0.25, 0.3) is 40.5 Å². The van der Waals surface area contributed by atoms with Crippen LogP contribution in [0.15, 0.2) is 143 Å². The zero-order chi connectivity index (χ0) is 63.7. The number of ether oxygens (including phenoxy) is 1. The van der Waals surface area contributed by atoms with Gasteiger partial charge in [-0.05, 0) is 150 Å². The lowest BCUT2D eigenvalue weighted by Gasteiger charge is -2.34. The normalized spacial score (nSPS) is 17.9. The van der Waals surface area contributed by atoms with Gasteiger partial charge in [-0.1, -0.05) is 24.6 Å². The van der Waals surface area contributed by atoms with Crippen molar-refractivity contribution in [3.05, 3.63) is 144 Å². The van der Waals surface area contributed by atoms with E-state index >= 15 is 0 Å². The van der Waals surface area contributed by atoms with Gasteiger partial charge in [0.1, 0.15) is 30.5 Å². The van der Waals surface area contributed by atoms with Crippen molar-refractivity contribution in [2.45, 2.75) is 79.9 Å². The molecule has 472 valence electrons. The first-order valence-corrected chi connectivity index (χ1v) is 35.2. The third kappa shape index (κ3) is 15.0. The maximum atomic E-state index is 13.2. The second-order valence-corrected chi connectivity index (χ2v) is 29.3. The number of piperazine rings is 1. The van der Waals surface area contributed by atoms with Crippen LogP contribution in [0.3, 0.4) is 0 Å². The van der Waals surface area contributed by atoms with Gasteiger partial charge < -0.3 is 34.7 Å². The number of aromatic amines is 2. The molecule has 1 unspecified atom stereocenters. The van der Waals surface area contributed by atoms with Crippen molar-refractivity contribution in [3.8, 4) is 28.5 Å². The van der Waals surface area contributed by atoms with E-state index in [0.717, 1.165) is 65.2 Å². The number of H-pyrrole nitrogens is 2. The molecule has 0 saturated carbocycles. The number of hydrogen-bond donors (Lipinski definition) is 7. The van der Waals surface area contributed by atoms with E-state index in [-0.39, 0.29) is 61.2 Å². The molecule has 2 aromatic heterocycles. The molecule has 3 aliphatic rings. The molecule has 89 heavy (non-hydrogen) atoms. The summed E-state index contributed by atoms with van der Waals surface area (Å²) in [5, 5.41) is 2.91. The van der Waals surface area contributed by atoms with Gasteiger partial charge in [0.15, 0.2) is 5.71 Å². The van der Waals surface area contributed by atoms with E-state index in [0.29, 0.717) is 64.7 Å². The molecule has 27 heteroatoms. The molecule has 7 aromatic rings. The first-order valence-electron chi connectivity index (χ1n) is 29.1. The predicted octanol–water partition coefficient (Wildman–Crippen LogP) is 8.48. The first kappa shape index (κ1) is 64.4. The van der Waals surface area contributed by atoms with E-state index in [1.165, 1.54) is 42.1 Å². The third-order valence-corrected chi connectivity index (χ3v) is 20.0. The highest BCUT2D eigenvalue weighted by atomic mass is 32.2. The number of anilines is 2. The third-order valence-electron chi connectivity index (χ3n) is 16.7. The number of nitrogens with one attached hydrogen (secondary N) is 3. The van der Waals surface area contributed by atoms with E-state index < -0.39 is 62.8 Å². The fraction of sp³-hybridized carbons (Fsp3) is 0.355. The first-order chi connectivity index (χ1) is 42.0. The number of unbranched alkanes of at least 4 members (excludes halogenated alkanes) is 1. The number of benzene rings is 5. The number of imidazole rings is 2. The maximum Gasteiger partial charge on any atom is 0.294 e. The lowest BCUT2D eigenvalue weighted by molar-refractivity contribution is -0.437. The van der Waals surface area contributed by atoms with Crippen LogP contribution < -0.4 is 19.9 Å². The number of nitrogens with zero attached hydrogens (tertiary/aromatic N) is 6. The Balaban J connectivity index is 0.777. The topological polar surface area (TPSA) is 326 Å². The van der Waals surface area contributed by atoms with Crippen LogP contribution in [0.25, 0.3) is 44.8 Å². The Morgan fingerprint density at radius 2 is 1.30 bits per heavy atom. The van der Waals surface area contributed by atoms with Crippen LogP contribution in [0, 0.1) is 0 Å². The molecule has 0 radical (unpaired) electrons. The minimum Gasteiger partial charge on any atom is -0.492 e. The summed E-state index contributed by atoms with van der Waals surface area (Å²) < 4.78 is 143. The zero-order valence-electron chi connectivity index (χ0n) is 49.6. The number of aromatic nitrogens is 4. The highest BCUT2D eigenvalue weighted by molar-refractivity contribution is 7.86. The fourth-order valence-electron chi connectivity index (χ4n) is 12.0. The molecule has 1 saturated heterocycles. The minimum atomic E-state index is -4.67. The van der Waals surface area contributed by atoms with Gasteiger partial charge in [-0.25, -0.2) is 9.97 Å². The summed E-state index contributed by atoms with van der Waals surface area (Å²) in [4.78, 5) is 35.8. The van der Waals surface area contributed by atoms with Gasteiger partial charge in [-0.2, -0.15) is 38.2 Å². The van der Waals surface area contributed by atoms with Crippen molar-refractivity contribution in [1.29, 1.82) is 0 Å². The van der Waals surface area contributed by atoms with Crippen LogP contribution in [0.5, 0.6) is 5.75 Å². The summed E-state index contributed by atoms with van der Waals surface area (Å²) in [7, 11) is -15.7. The van der Waals surface area contributed by atoms with Crippen molar-refractivity contribution >= 4 is 91.2 Å². The van der Waals surface area contributed by atoms with Gasteiger partial charge in [-0.3, -0.25) is 23.0 Å². The molecule has 5 heterocycles. The second-order valence-electron chi connectivity index (χ2n) is 23.4. The van der Waals surface area contributed by atoms with Gasteiger partial charge >= 0.3 is 0 Å². The Morgan fingerprint density at radius 3 is 1.98 bits per heavy atom. The predicted molar refractivity (Wildman–Crippen MR) is 342 cm³/mol. The average molecular weight is 1300 g/mol. The Morgan fingerprint density at radius 1 is 0.685 bits per heavy atom. The molecule has 7 N–H and O–H groups in total. The molecule has 1 atom stereocenters. The molecule has 0 aliphatic carbocycles. The lowest BCUT2D eigenvalue weighted by Crippen LogP contribution is -2.44. The molecule has 1 amide bonds. The number of carbonyl (C=O) groups is 1. The highest BCUT2D eigenvalue weighted by Crippen LogP contribution is 2.52. The van der Waals surface area contributed by atoms with Gasteiger partial charge in [-0.15, -0.1) is 0 Å². The number of allylic oxidation sites excluding steroid dienone is 6. The summed E-state index contributed by atoms with van der Waals surface area (Å²) in [6, 6.07) is 28.2. The molecular formula is C62H72N9O14S4+. The van der Waals surface area contributed by atoms with Crippen molar-refractivity contribution in [3.63, 3.8) is 0 Å². The van der Waals surface area contributed by atoms with E-state index in [2.05, 4.69) is 50.3 Å². The molecule has 5 aromatic carbocycles. The van der Waals surface area contributed by atoms with Crippen LogP contribution in [0.2, 0.25) is 0 Å². The molecule has 1 fully saturated rings. The molecule has 10 rings (SSSR count). The Kier molecular flexibility index (Phi) is 18.6. The van der Waals surface area contributed by atoms with Gasteiger partial charge in [0.2, 0.25) is 11.6 Å². The van der Waals surface area contributed by atoms with E-state index in [1.54, 1.807) is 30.4 Å². The number of carbonyl (C=O) groups excluding carboxylic acids is 1. The monoisotopic (exact) mass is 1290 g/mol. The van der Waals surface area contributed by atoms with Crippen molar-refractivity contribution in [2.24, 2.45) is 0 Å². The SMILES string of the molecule is CN1CCN(c2ccc3nc(-c4ccc5nc(-c6ccc(OCCNC(=O)CCCCC7(C)C(=CC=CC=CC8=[N+](CCCS(=O)(=O)O)c9ccc(S(=O)(=O)O)cc9C8(C)C)N(CCCS(=O)(=O)O)c8ccc(S(=O)(=O)O)cc87)cc6)[nH]c5c4)[nH]c3c2)CC1. The van der Waals surface area contributed by atoms with Gasteiger partial charge in [0.05, 0.1) is 55.3 Å². The zero-order valence-corrected chi connectivity index (χ0v) is 52.9. The largest absolute Gasteiger partial charge is 0.492 e.